The number of ether oxygens (including phenoxy) is 2. The van der Waals surface area contributed by atoms with E-state index in [0.29, 0.717) is 0 Å². The molecule has 0 aromatic rings. The number of carbonyl (C=O) groups excluding carboxylic acids is 4. The van der Waals surface area contributed by atoms with Gasteiger partial charge in [0, 0.05) is 0 Å². The summed E-state index contributed by atoms with van der Waals surface area (Å²) < 4.78 is 9.88. The van der Waals surface area contributed by atoms with E-state index in [4.69, 9.17) is 29.3 Å². The topological polar surface area (TPSA) is 133 Å². The van der Waals surface area contributed by atoms with Crippen LogP contribution in [0.15, 0.2) is 50.6 Å². The molecule has 0 saturated heterocycles. The first-order chi connectivity index (χ1) is 12.1. The minimum atomic E-state index is -1.23. The van der Waals surface area contributed by atoms with Crippen LogP contribution in [0.3, 0.4) is 0 Å². The van der Waals surface area contributed by atoms with Gasteiger partial charge in [0.05, 0.1) is 23.4 Å². The van der Waals surface area contributed by atoms with Gasteiger partial charge in [-0.05, 0) is 24.3 Å². The third kappa shape index (κ3) is 24.8. The number of hydrogen-bond acceptors (Lipinski definition) is 10. The third-order valence-electron chi connectivity index (χ3n) is 1.92. The maximum absolute atomic E-state index is 11.0. The van der Waals surface area contributed by atoms with E-state index < -0.39 is 36.1 Å². The average Bonchev–Trinajstić information content (AvgIpc) is 2.64. The zero-order valence-corrected chi connectivity index (χ0v) is 18.6. The van der Waals surface area contributed by atoms with Crippen molar-refractivity contribution in [3.05, 3.63) is 50.6 Å². The van der Waals surface area contributed by atoms with Crippen molar-refractivity contribution in [3.63, 3.8) is 0 Å². The predicted molar refractivity (Wildman–Crippen MR) is 104 cm³/mol. The predicted octanol–water partition coefficient (Wildman–Crippen LogP) is -1.49. The van der Waals surface area contributed by atoms with E-state index in [2.05, 4.69) is 51.6 Å². The van der Waals surface area contributed by atoms with Gasteiger partial charge in [0.25, 0.3) is 0 Å². The van der Waals surface area contributed by atoms with Crippen molar-refractivity contribution >= 4 is 86.9 Å². The van der Waals surface area contributed by atoms with Crippen LogP contribution in [0.5, 0.6) is 0 Å². The third-order valence-corrected chi connectivity index (χ3v) is 2.43. The molecule has 0 aromatic carbocycles. The van der Waals surface area contributed by atoms with Gasteiger partial charge in [0.1, 0.15) is 0 Å². The Hall–Kier alpha value is -1.20. The molecule has 0 saturated carbocycles. The standard InChI is InChI=1S/C10H14O4S2.2C3H4O2.Ca/c1-3-7(13-9(11)5-15)8(4-2)14-10(12)6-16;2*1-2-3(4)5;/h3-4,7-8,15-16H,1-2,5-6H2;2*2H,1H2,(H,4,5);/q;;;+2/p-2. The van der Waals surface area contributed by atoms with Crippen molar-refractivity contribution in [2.45, 2.75) is 12.2 Å². The number of carboxylic acid groups (broad SMARTS) is 2. The van der Waals surface area contributed by atoms with E-state index in [1.807, 2.05) is 0 Å². The average molecular weight is 445 g/mol. The van der Waals surface area contributed by atoms with Crippen molar-refractivity contribution in [2.24, 2.45) is 0 Å². The van der Waals surface area contributed by atoms with E-state index in [0.717, 1.165) is 12.2 Å². The van der Waals surface area contributed by atoms with Crippen LogP contribution in [-0.4, -0.2) is 85.3 Å². The van der Waals surface area contributed by atoms with E-state index >= 15 is 0 Å². The Labute approximate surface area is 198 Å². The number of hydrogen-bond donors (Lipinski definition) is 2. The van der Waals surface area contributed by atoms with E-state index in [1.54, 1.807) is 0 Å². The Kier molecular flexibility index (Phi) is 28.2. The first-order valence-electron chi connectivity index (χ1n) is 6.65. The van der Waals surface area contributed by atoms with Gasteiger partial charge in [0.2, 0.25) is 0 Å². The minimum Gasteiger partial charge on any atom is -0.545 e. The van der Waals surface area contributed by atoms with Gasteiger partial charge in [0.15, 0.2) is 12.2 Å². The molecule has 0 aromatic heterocycles. The summed E-state index contributed by atoms with van der Waals surface area (Å²) in [7, 11) is 0. The van der Waals surface area contributed by atoms with Gasteiger partial charge in [-0.25, -0.2) is 0 Å². The molecule has 2 unspecified atom stereocenters. The molecule has 27 heavy (non-hydrogen) atoms. The van der Waals surface area contributed by atoms with Crippen LogP contribution >= 0.6 is 25.3 Å². The minimum absolute atomic E-state index is 0. The van der Waals surface area contributed by atoms with Gasteiger partial charge in [-0.1, -0.05) is 26.3 Å². The number of aliphatic carboxylic acids is 2. The van der Waals surface area contributed by atoms with Crippen LogP contribution < -0.4 is 10.2 Å². The summed E-state index contributed by atoms with van der Waals surface area (Å²) in [5.41, 5.74) is 0. The molecule has 0 heterocycles. The molecule has 0 aliphatic rings. The fourth-order valence-electron chi connectivity index (χ4n) is 0.877. The second-order valence-electron chi connectivity index (χ2n) is 3.74. The van der Waals surface area contributed by atoms with Crippen LogP contribution in [0.1, 0.15) is 0 Å². The van der Waals surface area contributed by atoms with Gasteiger partial charge in [-0.3, -0.25) is 9.59 Å². The molecule has 146 valence electrons. The maximum Gasteiger partial charge on any atom is 2.00 e. The molecule has 0 bridgehead atoms. The molecule has 0 N–H and O–H groups in total. The van der Waals surface area contributed by atoms with Gasteiger partial charge in [-0.15, -0.1) is 0 Å². The van der Waals surface area contributed by atoms with Crippen molar-refractivity contribution in [1.82, 2.24) is 0 Å². The molecule has 2 atom stereocenters. The van der Waals surface area contributed by atoms with E-state index in [1.165, 1.54) is 12.2 Å². The number of thiol groups is 2. The molecule has 0 spiro atoms. The fraction of sp³-hybridized carbons (Fsp3) is 0.250. The molecule has 11 heteroatoms. The summed E-state index contributed by atoms with van der Waals surface area (Å²) in [5, 5.41) is 18.3. The van der Waals surface area contributed by atoms with E-state index in [-0.39, 0.29) is 49.2 Å². The van der Waals surface area contributed by atoms with Crippen LogP contribution in [-0.2, 0) is 28.7 Å². The van der Waals surface area contributed by atoms with Crippen LogP contribution in [0.4, 0.5) is 0 Å². The Morgan fingerprint density at radius 3 is 1.11 bits per heavy atom. The molecule has 0 amide bonds. The number of rotatable bonds is 9. The first kappa shape index (κ1) is 33.4. The number of esters is 2. The van der Waals surface area contributed by atoms with Crippen molar-refractivity contribution in [1.29, 1.82) is 0 Å². The maximum atomic E-state index is 11.0. The zero-order valence-electron chi connectivity index (χ0n) is 14.6. The summed E-state index contributed by atoms with van der Waals surface area (Å²) in [6.07, 6.45) is 2.64. The van der Waals surface area contributed by atoms with Crippen molar-refractivity contribution in [2.75, 3.05) is 11.5 Å². The normalized spacial score (nSPS) is 10.3. The number of carboxylic acids is 2. The SMILES string of the molecule is C=CC(=O)[O-].C=CC(=O)[O-].C=CC(OC(=O)CS)C(C=C)OC(=O)CS.[Ca+2]. The molecule has 0 fully saturated rings. The molecule has 0 radical (unpaired) electrons. The van der Waals surface area contributed by atoms with Crippen molar-refractivity contribution in [3.8, 4) is 0 Å². The molecule has 0 rings (SSSR count). The van der Waals surface area contributed by atoms with Crippen LogP contribution in [0.2, 0.25) is 0 Å². The molecule has 0 aliphatic heterocycles. The van der Waals surface area contributed by atoms with Crippen molar-refractivity contribution < 1.29 is 38.9 Å². The second-order valence-corrected chi connectivity index (χ2v) is 4.38. The Morgan fingerprint density at radius 2 is 1.00 bits per heavy atom. The summed E-state index contributed by atoms with van der Waals surface area (Å²) in [5.74, 6) is -3.64. The molecule has 8 nitrogen and oxygen atoms in total. The molecular formula is C16H20CaO8S2. The summed E-state index contributed by atoms with van der Waals surface area (Å²) in [6.45, 7) is 12.8. The summed E-state index contributed by atoms with van der Waals surface area (Å²) in [6, 6.07) is 0. The molecular weight excluding hydrogens is 424 g/mol. The Morgan fingerprint density at radius 1 is 0.778 bits per heavy atom. The smallest absolute Gasteiger partial charge is 0.545 e. The number of carbonyl (C=O) groups is 4. The first-order valence-corrected chi connectivity index (χ1v) is 7.92. The van der Waals surface area contributed by atoms with Crippen LogP contribution in [0.25, 0.3) is 0 Å². The largest absolute Gasteiger partial charge is 2.00 e. The quantitative estimate of drug-likeness (QED) is 0.144. The summed E-state index contributed by atoms with van der Waals surface area (Å²) in [4.78, 5) is 40.3. The van der Waals surface area contributed by atoms with E-state index in [9.17, 15) is 9.59 Å². The van der Waals surface area contributed by atoms with Crippen LogP contribution in [0, 0.1) is 0 Å². The monoisotopic (exact) mass is 444 g/mol. The fourth-order valence-corrected chi connectivity index (χ4v) is 1.03. The Balaban J connectivity index is -0.000000199. The zero-order chi connectivity index (χ0) is 21.1. The summed E-state index contributed by atoms with van der Waals surface area (Å²) >= 11 is 7.52. The van der Waals surface area contributed by atoms with Gasteiger partial charge in [-0.2, -0.15) is 25.3 Å². The van der Waals surface area contributed by atoms with Gasteiger partial charge >= 0.3 is 49.7 Å². The van der Waals surface area contributed by atoms with Gasteiger partial charge < -0.3 is 29.3 Å². The molecule has 0 aliphatic carbocycles. The second kappa shape index (κ2) is 22.8. The Bertz CT molecular complexity index is 477.